The van der Waals surface area contributed by atoms with Crippen molar-refractivity contribution < 1.29 is 14.6 Å². The van der Waals surface area contributed by atoms with E-state index >= 15 is 0 Å². The molecule has 0 fully saturated rings. The number of ether oxygens (including phenoxy) is 1. The Bertz CT molecular complexity index is 526. The molecule has 1 heterocycles. The number of hydrogen-bond acceptors (Lipinski definition) is 5. The van der Waals surface area contributed by atoms with E-state index in [1.165, 1.54) is 11.6 Å². The zero-order valence-corrected chi connectivity index (χ0v) is 9.72. The summed E-state index contributed by atoms with van der Waals surface area (Å²) >= 11 is 0. The lowest BCUT2D eigenvalue weighted by Gasteiger charge is -2.08. The summed E-state index contributed by atoms with van der Waals surface area (Å²) in [7, 11) is 0. The highest BCUT2D eigenvalue weighted by molar-refractivity contribution is 5.71. The summed E-state index contributed by atoms with van der Waals surface area (Å²) in [5, 5.41) is 19.9. The Kier molecular flexibility index (Phi) is 3.63. The van der Waals surface area contributed by atoms with Crippen molar-refractivity contribution >= 4 is 5.97 Å². The maximum atomic E-state index is 10.6. The fourth-order valence-corrected chi connectivity index (χ4v) is 1.34. The van der Waals surface area contributed by atoms with Crippen LogP contribution in [0.1, 0.15) is 12.7 Å². The maximum Gasteiger partial charge on any atom is 0.332 e. The van der Waals surface area contributed by atoms with Crippen LogP contribution < -0.4 is 0 Å². The van der Waals surface area contributed by atoms with Crippen LogP contribution in [-0.2, 0) is 16.1 Å². The van der Waals surface area contributed by atoms with Gasteiger partial charge in [0.15, 0.2) is 11.9 Å². The van der Waals surface area contributed by atoms with E-state index in [0.29, 0.717) is 5.82 Å². The molecule has 0 bridgehead atoms. The number of aromatic nitrogens is 4. The van der Waals surface area contributed by atoms with Crippen molar-refractivity contribution in [3.8, 4) is 5.69 Å². The van der Waals surface area contributed by atoms with Gasteiger partial charge in [0.1, 0.15) is 6.61 Å². The standard InChI is InChI=1S/C11H12N4O3/c1-8(11(16)17)18-7-10-12-13-14-15(10)9-5-3-2-4-6-9/h2-6,8H,7H2,1H3,(H,16,17)/t8-/m1/s1. The van der Waals surface area contributed by atoms with Gasteiger partial charge in [0.2, 0.25) is 0 Å². The molecule has 0 spiro atoms. The summed E-state index contributed by atoms with van der Waals surface area (Å²) in [6, 6.07) is 9.31. The normalized spacial score (nSPS) is 12.3. The van der Waals surface area contributed by atoms with Crippen molar-refractivity contribution in [1.82, 2.24) is 20.2 Å². The largest absolute Gasteiger partial charge is 0.479 e. The predicted octanol–water partition coefficient (Wildman–Crippen LogP) is 0.652. The molecule has 1 aromatic carbocycles. The number of nitrogens with zero attached hydrogens (tertiary/aromatic N) is 4. The summed E-state index contributed by atoms with van der Waals surface area (Å²) < 4.78 is 6.66. The average Bonchev–Trinajstić information content (AvgIpc) is 2.85. The first-order chi connectivity index (χ1) is 8.68. The van der Waals surface area contributed by atoms with Gasteiger partial charge in [-0.25, -0.2) is 4.79 Å². The van der Waals surface area contributed by atoms with E-state index in [4.69, 9.17) is 9.84 Å². The van der Waals surface area contributed by atoms with Crippen LogP contribution in [0.15, 0.2) is 30.3 Å². The minimum atomic E-state index is -1.02. The summed E-state index contributed by atoms with van der Waals surface area (Å²) in [6.07, 6.45) is -0.897. The summed E-state index contributed by atoms with van der Waals surface area (Å²) in [5.74, 6) is -0.567. The third-order valence-corrected chi connectivity index (χ3v) is 2.35. The van der Waals surface area contributed by atoms with Crippen molar-refractivity contribution in [2.75, 3.05) is 0 Å². The van der Waals surface area contributed by atoms with Crippen LogP contribution in [0.5, 0.6) is 0 Å². The van der Waals surface area contributed by atoms with Crippen LogP contribution in [0.25, 0.3) is 5.69 Å². The zero-order chi connectivity index (χ0) is 13.0. The van der Waals surface area contributed by atoms with Gasteiger partial charge in [-0.2, -0.15) is 4.68 Å². The SMILES string of the molecule is C[C@@H](OCc1nnnn1-c1ccccc1)C(=O)O. The Hall–Kier alpha value is -2.28. The van der Waals surface area contributed by atoms with Gasteiger partial charge in [-0.05, 0) is 29.5 Å². The number of carbonyl (C=O) groups is 1. The number of benzene rings is 1. The van der Waals surface area contributed by atoms with Crippen LogP contribution >= 0.6 is 0 Å². The van der Waals surface area contributed by atoms with Gasteiger partial charge in [-0.1, -0.05) is 18.2 Å². The van der Waals surface area contributed by atoms with Crippen LogP contribution in [0.4, 0.5) is 0 Å². The Morgan fingerprint density at radius 2 is 2.17 bits per heavy atom. The quantitative estimate of drug-likeness (QED) is 0.835. The summed E-state index contributed by atoms with van der Waals surface area (Å²) in [4.78, 5) is 10.6. The van der Waals surface area contributed by atoms with Crippen LogP contribution in [0.2, 0.25) is 0 Å². The van der Waals surface area contributed by atoms with E-state index in [1.807, 2.05) is 30.3 Å². The second-order valence-electron chi connectivity index (χ2n) is 3.63. The first kappa shape index (κ1) is 12.2. The highest BCUT2D eigenvalue weighted by atomic mass is 16.5. The average molecular weight is 248 g/mol. The Balaban J connectivity index is 2.12. The van der Waals surface area contributed by atoms with E-state index in [1.54, 1.807) is 0 Å². The molecule has 0 aliphatic heterocycles. The molecule has 0 saturated heterocycles. The van der Waals surface area contributed by atoms with Crippen molar-refractivity contribution in [2.24, 2.45) is 0 Å². The van der Waals surface area contributed by atoms with Crippen molar-refractivity contribution in [2.45, 2.75) is 19.6 Å². The first-order valence-corrected chi connectivity index (χ1v) is 5.35. The Morgan fingerprint density at radius 1 is 1.44 bits per heavy atom. The highest BCUT2D eigenvalue weighted by Crippen LogP contribution is 2.08. The molecular formula is C11H12N4O3. The fourth-order valence-electron chi connectivity index (χ4n) is 1.34. The van der Waals surface area contributed by atoms with E-state index in [-0.39, 0.29) is 6.61 Å². The van der Waals surface area contributed by atoms with Crippen molar-refractivity contribution in [3.05, 3.63) is 36.2 Å². The number of carboxylic acid groups (broad SMARTS) is 1. The van der Waals surface area contributed by atoms with Gasteiger partial charge in [0.25, 0.3) is 0 Å². The minimum absolute atomic E-state index is 0.0371. The van der Waals surface area contributed by atoms with Gasteiger partial charge in [0.05, 0.1) is 5.69 Å². The van der Waals surface area contributed by atoms with E-state index in [2.05, 4.69) is 15.5 Å². The molecule has 0 saturated carbocycles. The molecule has 7 nitrogen and oxygen atoms in total. The molecule has 0 radical (unpaired) electrons. The number of hydrogen-bond donors (Lipinski definition) is 1. The molecule has 1 atom stereocenters. The summed E-state index contributed by atoms with van der Waals surface area (Å²) in [5.41, 5.74) is 0.795. The van der Waals surface area contributed by atoms with Crippen molar-refractivity contribution in [1.29, 1.82) is 0 Å². The number of para-hydroxylation sites is 1. The second kappa shape index (κ2) is 5.37. The first-order valence-electron chi connectivity index (χ1n) is 5.35. The Labute approximate surface area is 103 Å². The molecule has 0 amide bonds. The highest BCUT2D eigenvalue weighted by Gasteiger charge is 2.14. The number of aliphatic carboxylic acids is 1. The van der Waals surface area contributed by atoms with Gasteiger partial charge in [0, 0.05) is 0 Å². The summed E-state index contributed by atoms with van der Waals surface area (Å²) in [6.45, 7) is 1.49. The fraction of sp³-hybridized carbons (Fsp3) is 0.273. The zero-order valence-electron chi connectivity index (χ0n) is 9.72. The lowest BCUT2D eigenvalue weighted by atomic mass is 10.3. The molecule has 18 heavy (non-hydrogen) atoms. The van der Waals surface area contributed by atoms with Gasteiger partial charge in [-0.15, -0.1) is 5.10 Å². The van der Waals surface area contributed by atoms with Crippen molar-refractivity contribution in [3.63, 3.8) is 0 Å². The van der Waals surface area contributed by atoms with Gasteiger partial charge >= 0.3 is 5.97 Å². The molecular weight excluding hydrogens is 236 g/mol. The number of rotatable bonds is 5. The molecule has 0 aliphatic rings. The van der Waals surface area contributed by atoms with Crippen LogP contribution in [0, 0.1) is 0 Å². The lowest BCUT2D eigenvalue weighted by molar-refractivity contribution is -0.150. The Morgan fingerprint density at radius 3 is 2.83 bits per heavy atom. The van der Waals surface area contributed by atoms with E-state index in [9.17, 15) is 4.79 Å². The molecule has 0 unspecified atom stereocenters. The molecule has 7 heteroatoms. The molecule has 1 aromatic heterocycles. The molecule has 0 aliphatic carbocycles. The van der Waals surface area contributed by atoms with E-state index < -0.39 is 12.1 Å². The molecule has 2 aromatic rings. The van der Waals surface area contributed by atoms with Gasteiger partial charge in [-0.3, -0.25) is 0 Å². The monoisotopic (exact) mass is 248 g/mol. The predicted molar refractivity (Wildman–Crippen MR) is 61.0 cm³/mol. The third-order valence-electron chi connectivity index (χ3n) is 2.35. The molecule has 1 N–H and O–H groups in total. The second-order valence-corrected chi connectivity index (χ2v) is 3.63. The minimum Gasteiger partial charge on any atom is -0.479 e. The van der Waals surface area contributed by atoms with Crippen LogP contribution in [0.3, 0.4) is 0 Å². The lowest BCUT2D eigenvalue weighted by Crippen LogP contribution is -2.20. The molecule has 94 valence electrons. The molecule has 2 rings (SSSR count). The maximum absolute atomic E-state index is 10.6. The smallest absolute Gasteiger partial charge is 0.332 e. The number of tetrazole rings is 1. The third kappa shape index (κ3) is 2.69. The van der Waals surface area contributed by atoms with Gasteiger partial charge < -0.3 is 9.84 Å². The van der Waals surface area contributed by atoms with E-state index in [0.717, 1.165) is 5.69 Å². The van der Waals surface area contributed by atoms with Crippen LogP contribution in [-0.4, -0.2) is 37.4 Å². The topological polar surface area (TPSA) is 90.1 Å². The number of carboxylic acids is 1.